The Morgan fingerprint density at radius 1 is 1.06 bits per heavy atom. The van der Waals surface area contributed by atoms with E-state index in [4.69, 9.17) is 0 Å². The third-order valence-corrected chi connectivity index (χ3v) is 5.18. The summed E-state index contributed by atoms with van der Waals surface area (Å²) in [6, 6.07) is -1.13. The van der Waals surface area contributed by atoms with Gasteiger partial charge < -0.3 is 0 Å². The quantitative estimate of drug-likeness (QED) is 0.378. The van der Waals surface area contributed by atoms with Crippen LogP contribution in [0.25, 0.3) is 0 Å². The molecule has 0 aromatic heterocycles. The van der Waals surface area contributed by atoms with Crippen LogP contribution in [-0.2, 0) is 0 Å². The van der Waals surface area contributed by atoms with Crippen molar-refractivity contribution in [2.75, 3.05) is 0 Å². The van der Waals surface area contributed by atoms with Crippen LogP contribution in [0.15, 0.2) is 0 Å². The van der Waals surface area contributed by atoms with Gasteiger partial charge in [0.2, 0.25) is 5.54 Å². The van der Waals surface area contributed by atoms with Crippen molar-refractivity contribution in [1.82, 2.24) is 4.90 Å². The molecule has 4 rings (SSSR count). The minimum absolute atomic E-state index is 0.0143. The standard InChI is InChI=1S/C8H6BrF6N/c9-4-2-1-3-5(4)16(3)6(2,7(10,11)12)8(13,14)15/h2-5H,1H2/t2-,3+,4-,5-,16?/m0/s1. The van der Waals surface area contributed by atoms with Crippen LogP contribution in [0, 0.1) is 5.92 Å². The van der Waals surface area contributed by atoms with E-state index in [9.17, 15) is 26.3 Å². The first-order valence-corrected chi connectivity index (χ1v) is 5.61. The predicted molar refractivity (Wildman–Crippen MR) is 45.1 cm³/mol. The van der Waals surface area contributed by atoms with Gasteiger partial charge in [-0.2, -0.15) is 26.3 Å². The van der Waals surface area contributed by atoms with E-state index in [0.29, 0.717) is 4.90 Å². The minimum atomic E-state index is -5.26. The first kappa shape index (κ1) is 11.1. The van der Waals surface area contributed by atoms with Crippen LogP contribution in [0.3, 0.4) is 0 Å². The maximum Gasteiger partial charge on any atom is 0.416 e. The van der Waals surface area contributed by atoms with Crippen LogP contribution < -0.4 is 0 Å². The molecule has 5 atom stereocenters. The Bertz CT molecular complexity index is 335. The maximum absolute atomic E-state index is 12.9. The van der Waals surface area contributed by atoms with Gasteiger partial charge in [-0.3, -0.25) is 4.90 Å². The second kappa shape index (κ2) is 2.55. The summed E-state index contributed by atoms with van der Waals surface area (Å²) in [4.78, 5) is -0.0994. The van der Waals surface area contributed by atoms with Crippen molar-refractivity contribution in [3.63, 3.8) is 0 Å². The normalized spacial score (nSPS) is 48.6. The van der Waals surface area contributed by atoms with E-state index >= 15 is 0 Å². The van der Waals surface area contributed by atoms with E-state index in [0.717, 1.165) is 0 Å². The van der Waals surface area contributed by atoms with Crippen molar-refractivity contribution >= 4 is 15.9 Å². The van der Waals surface area contributed by atoms with Crippen LogP contribution in [-0.4, -0.2) is 39.7 Å². The van der Waals surface area contributed by atoms with Crippen LogP contribution >= 0.6 is 15.9 Å². The van der Waals surface area contributed by atoms with Gasteiger partial charge in [0.15, 0.2) is 0 Å². The molecule has 1 aliphatic carbocycles. The Labute approximate surface area is 94.9 Å². The van der Waals surface area contributed by atoms with E-state index in [1.54, 1.807) is 0 Å². The van der Waals surface area contributed by atoms with Gasteiger partial charge in [0, 0.05) is 22.8 Å². The molecule has 1 unspecified atom stereocenters. The average Bonchev–Trinajstić information content (AvgIpc) is 2.43. The lowest BCUT2D eigenvalue weighted by Gasteiger charge is -2.37. The zero-order valence-corrected chi connectivity index (χ0v) is 9.20. The summed E-state index contributed by atoms with van der Waals surface area (Å²) in [6.07, 6.45) is -10.5. The van der Waals surface area contributed by atoms with Crippen molar-refractivity contribution in [2.24, 2.45) is 5.92 Å². The maximum atomic E-state index is 12.9. The highest BCUT2D eigenvalue weighted by Gasteiger charge is 2.92. The SMILES string of the molecule is FC(F)(F)C1(C(F)(F)F)[C@H]2C[C@@H]3[C@@H]([C@H]2Br)N31. The van der Waals surface area contributed by atoms with Crippen molar-refractivity contribution < 1.29 is 26.3 Å². The predicted octanol–water partition coefficient (Wildman–Crippen LogP) is 2.70. The van der Waals surface area contributed by atoms with Gasteiger partial charge in [-0.15, -0.1) is 0 Å². The van der Waals surface area contributed by atoms with Gasteiger partial charge in [-0.1, -0.05) is 15.9 Å². The topological polar surface area (TPSA) is 3.01 Å². The highest BCUT2D eigenvalue weighted by Crippen LogP contribution is 2.73. The van der Waals surface area contributed by atoms with E-state index < -0.39 is 40.7 Å². The van der Waals surface area contributed by atoms with E-state index in [1.165, 1.54) is 0 Å². The van der Waals surface area contributed by atoms with Crippen LogP contribution in [0.1, 0.15) is 6.42 Å². The Hall–Kier alpha value is 0.0200. The molecular formula is C8H6BrF6N. The zero-order chi connectivity index (χ0) is 12.1. The molecule has 0 aromatic carbocycles. The molecule has 1 nitrogen and oxygen atoms in total. The van der Waals surface area contributed by atoms with Gasteiger partial charge in [0.05, 0.1) is 0 Å². The summed E-state index contributed by atoms with van der Waals surface area (Å²) in [5.74, 6) is -1.40. The monoisotopic (exact) mass is 309 g/mol. The number of halogens is 7. The van der Waals surface area contributed by atoms with Crippen molar-refractivity contribution in [3.05, 3.63) is 0 Å². The average molecular weight is 310 g/mol. The van der Waals surface area contributed by atoms with Gasteiger partial charge in [-0.25, -0.2) is 0 Å². The summed E-state index contributed by atoms with van der Waals surface area (Å²) in [6.45, 7) is 0. The lowest BCUT2D eigenvalue weighted by atomic mass is 9.85. The smallest absolute Gasteiger partial charge is 0.272 e. The fourth-order valence-electron chi connectivity index (χ4n) is 3.51. The molecule has 8 heteroatoms. The zero-order valence-electron chi connectivity index (χ0n) is 7.61. The number of nitrogens with zero attached hydrogens (tertiary/aromatic N) is 1. The molecule has 3 aliphatic heterocycles. The van der Waals surface area contributed by atoms with Crippen molar-refractivity contribution in [3.8, 4) is 0 Å². The molecule has 0 spiro atoms. The largest absolute Gasteiger partial charge is 0.416 e. The molecule has 0 radical (unpaired) electrons. The fourth-order valence-corrected chi connectivity index (χ4v) is 4.72. The van der Waals surface area contributed by atoms with Gasteiger partial charge in [0.25, 0.3) is 0 Å². The summed E-state index contributed by atoms with van der Waals surface area (Å²) in [7, 11) is 0. The summed E-state index contributed by atoms with van der Waals surface area (Å²) in [5.41, 5.74) is -3.61. The highest BCUT2D eigenvalue weighted by atomic mass is 79.9. The molecule has 16 heavy (non-hydrogen) atoms. The van der Waals surface area contributed by atoms with Crippen LogP contribution in [0.5, 0.6) is 0 Å². The molecule has 0 N–H and O–H groups in total. The van der Waals surface area contributed by atoms with Gasteiger partial charge in [0.1, 0.15) is 0 Å². The first-order chi connectivity index (χ1) is 7.14. The first-order valence-electron chi connectivity index (χ1n) is 4.70. The van der Waals surface area contributed by atoms with Crippen LogP contribution in [0.2, 0.25) is 0 Å². The van der Waals surface area contributed by atoms with E-state index in [2.05, 4.69) is 15.9 Å². The minimum Gasteiger partial charge on any atom is -0.272 e. The van der Waals surface area contributed by atoms with Gasteiger partial charge in [-0.05, 0) is 6.42 Å². The number of piperidine rings is 3. The van der Waals surface area contributed by atoms with Crippen LogP contribution in [0.4, 0.5) is 26.3 Å². The molecule has 0 aromatic rings. The van der Waals surface area contributed by atoms with Gasteiger partial charge >= 0.3 is 12.4 Å². The Balaban J connectivity index is 2.14. The second-order valence-corrected chi connectivity index (χ2v) is 5.57. The number of hydrogen-bond acceptors (Lipinski definition) is 1. The lowest BCUT2D eigenvalue weighted by molar-refractivity contribution is -0.328. The number of alkyl halides is 7. The molecule has 1 saturated carbocycles. The fraction of sp³-hybridized carbons (Fsp3) is 1.00. The molecule has 4 aliphatic rings. The molecular weight excluding hydrogens is 304 g/mol. The molecule has 3 saturated heterocycles. The van der Waals surface area contributed by atoms with E-state index in [1.807, 2.05) is 0 Å². The summed E-state index contributed by atoms with van der Waals surface area (Å²) < 4.78 is 77.1. The third kappa shape index (κ3) is 0.878. The number of hydrogen-bond donors (Lipinski definition) is 0. The third-order valence-electron chi connectivity index (χ3n) is 4.00. The summed E-state index contributed by atoms with van der Waals surface area (Å²) in [5, 5.41) is 0. The van der Waals surface area contributed by atoms with E-state index in [-0.39, 0.29) is 6.42 Å². The Kier molecular flexibility index (Phi) is 1.77. The lowest BCUT2D eigenvalue weighted by Crippen LogP contribution is -2.63. The van der Waals surface area contributed by atoms with Crippen molar-refractivity contribution in [2.45, 2.75) is 41.2 Å². The Morgan fingerprint density at radius 3 is 1.69 bits per heavy atom. The highest BCUT2D eigenvalue weighted by molar-refractivity contribution is 9.09. The summed E-state index contributed by atoms with van der Waals surface area (Å²) >= 11 is 2.97. The molecule has 3 heterocycles. The molecule has 4 bridgehead atoms. The number of rotatable bonds is 0. The van der Waals surface area contributed by atoms with Crippen molar-refractivity contribution in [1.29, 1.82) is 0 Å². The Morgan fingerprint density at radius 2 is 1.56 bits per heavy atom. The molecule has 4 fully saturated rings. The molecule has 0 amide bonds. The molecule has 92 valence electrons. The second-order valence-electron chi connectivity index (χ2n) is 4.51.